The summed E-state index contributed by atoms with van der Waals surface area (Å²) < 4.78 is 0. The van der Waals surface area contributed by atoms with Gasteiger partial charge >= 0.3 is 0 Å². The molecule has 8 heavy (non-hydrogen) atoms. The topological polar surface area (TPSA) is 0 Å². The average molecular weight is 130 g/mol. The van der Waals surface area contributed by atoms with E-state index in [1.807, 2.05) is 11.6 Å². The summed E-state index contributed by atoms with van der Waals surface area (Å²) in [6.07, 6.45) is 2.17. The van der Waals surface area contributed by atoms with Crippen molar-refractivity contribution in [3.63, 3.8) is 0 Å². The van der Waals surface area contributed by atoms with Gasteiger partial charge < -0.3 is 0 Å². The fraction of sp³-hybridized carbons (Fsp3) is 1.00. The Morgan fingerprint density at radius 1 is 1.25 bits per heavy atom. The summed E-state index contributed by atoms with van der Waals surface area (Å²) in [7, 11) is 0. The van der Waals surface area contributed by atoms with Crippen molar-refractivity contribution in [2.45, 2.75) is 26.6 Å². The standard InChI is InChI=1S/C6H15BS/c1-5(2)6(3)7-8-4/h5-7H,1-4H3. The van der Waals surface area contributed by atoms with E-state index in [2.05, 4.69) is 27.0 Å². The van der Waals surface area contributed by atoms with Crippen LogP contribution in [-0.4, -0.2) is 12.8 Å². The predicted molar refractivity (Wildman–Crippen MR) is 44.9 cm³/mol. The van der Waals surface area contributed by atoms with E-state index in [9.17, 15) is 0 Å². The van der Waals surface area contributed by atoms with Crippen LogP contribution in [0.3, 0.4) is 0 Å². The van der Waals surface area contributed by atoms with Crippen LogP contribution in [0.4, 0.5) is 0 Å². The van der Waals surface area contributed by atoms with Crippen molar-refractivity contribution in [1.29, 1.82) is 0 Å². The number of rotatable bonds is 3. The van der Waals surface area contributed by atoms with Gasteiger partial charge in [0, 0.05) is 0 Å². The third kappa shape index (κ3) is 3.42. The van der Waals surface area contributed by atoms with Crippen LogP contribution in [0.5, 0.6) is 0 Å². The van der Waals surface area contributed by atoms with E-state index in [-0.39, 0.29) is 0 Å². The van der Waals surface area contributed by atoms with Crippen molar-refractivity contribution in [2.75, 3.05) is 6.26 Å². The van der Waals surface area contributed by atoms with Gasteiger partial charge in [-0.1, -0.05) is 32.5 Å². The monoisotopic (exact) mass is 130 g/mol. The summed E-state index contributed by atoms with van der Waals surface area (Å²) >= 11 is 1.94. The summed E-state index contributed by atoms with van der Waals surface area (Å²) in [6, 6.07) is 0. The molecule has 0 aliphatic heterocycles. The molecular weight excluding hydrogens is 115 g/mol. The van der Waals surface area contributed by atoms with Gasteiger partial charge in [0.1, 0.15) is 0 Å². The van der Waals surface area contributed by atoms with E-state index < -0.39 is 0 Å². The van der Waals surface area contributed by atoms with Crippen LogP contribution in [-0.2, 0) is 0 Å². The Morgan fingerprint density at radius 3 is 1.88 bits per heavy atom. The van der Waals surface area contributed by atoms with E-state index in [0.717, 1.165) is 11.7 Å². The molecule has 0 saturated carbocycles. The molecule has 0 N–H and O–H groups in total. The summed E-state index contributed by atoms with van der Waals surface area (Å²) in [5.74, 6) is 1.73. The van der Waals surface area contributed by atoms with E-state index >= 15 is 0 Å². The third-order valence-electron chi connectivity index (χ3n) is 1.57. The second-order valence-corrected chi connectivity index (χ2v) is 3.59. The summed E-state index contributed by atoms with van der Waals surface area (Å²) in [4.78, 5) is 0. The second-order valence-electron chi connectivity index (χ2n) is 2.68. The van der Waals surface area contributed by atoms with Gasteiger partial charge in [0.05, 0.1) is 0 Å². The summed E-state index contributed by atoms with van der Waals surface area (Å²) in [5.41, 5.74) is 0. The highest BCUT2D eigenvalue weighted by atomic mass is 32.2. The maximum absolute atomic E-state index is 2.31. The first-order valence-corrected chi connectivity index (χ1v) is 4.56. The van der Waals surface area contributed by atoms with Gasteiger partial charge in [-0.3, -0.25) is 0 Å². The Hall–Kier alpha value is 0.415. The molecule has 0 aliphatic carbocycles. The minimum Gasteiger partial charge on any atom is -0.218 e. The molecule has 48 valence electrons. The molecule has 0 saturated heterocycles. The molecule has 0 aromatic carbocycles. The van der Waals surface area contributed by atoms with Gasteiger partial charge in [0.25, 0.3) is 0 Å². The van der Waals surface area contributed by atoms with E-state index in [1.54, 1.807) is 0 Å². The van der Waals surface area contributed by atoms with E-state index in [1.165, 1.54) is 6.56 Å². The lowest BCUT2D eigenvalue weighted by Crippen LogP contribution is -2.02. The lowest BCUT2D eigenvalue weighted by Gasteiger charge is -2.10. The minimum absolute atomic E-state index is 0.849. The molecule has 0 aliphatic rings. The van der Waals surface area contributed by atoms with Gasteiger partial charge in [-0.15, -0.1) is 0 Å². The third-order valence-corrected chi connectivity index (χ3v) is 2.43. The molecule has 0 bridgehead atoms. The lowest BCUT2D eigenvalue weighted by molar-refractivity contribution is 0.623. The SMILES string of the molecule is CSBC(C)C(C)C. The largest absolute Gasteiger partial charge is 0.218 e. The first-order chi connectivity index (χ1) is 3.68. The average Bonchev–Trinajstić information content (AvgIpc) is 1.67. The van der Waals surface area contributed by atoms with Gasteiger partial charge in [-0.25, -0.2) is 11.6 Å². The van der Waals surface area contributed by atoms with Crippen LogP contribution >= 0.6 is 11.6 Å². The minimum atomic E-state index is 0.849. The Bertz CT molecular complexity index is 54.5. The molecule has 0 rings (SSSR count). The molecule has 1 atom stereocenters. The Balaban J connectivity index is 3.17. The van der Waals surface area contributed by atoms with Gasteiger partial charge in [-0.05, 0) is 6.26 Å². The van der Waals surface area contributed by atoms with Crippen LogP contribution in [0.25, 0.3) is 0 Å². The van der Waals surface area contributed by atoms with Crippen LogP contribution in [0.2, 0.25) is 5.82 Å². The van der Waals surface area contributed by atoms with Crippen molar-refractivity contribution < 1.29 is 0 Å². The second kappa shape index (κ2) is 4.31. The molecule has 0 radical (unpaired) electrons. The molecule has 0 spiro atoms. The quantitative estimate of drug-likeness (QED) is 0.527. The fourth-order valence-corrected chi connectivity index (χ4v) is 1.37. The zero-order chi connectivity index (χ0) is 6.57. The molecule has 0 heterocycles. The van der Waals surface area contributed by atoms with Gasteiger partial charge in [0.2, 0.25) is 0 Å². The Morgan fingerprint density at radius 2 is 1.75 bits per heavy atom. The summed E-state index contributed by atoms with van der Waals surface area (Å²) in [5, 5.41) is 0. The molecule has 0 nitrogen and oxygen atoms in total. The van der Waals surface area contributed by atoms with Crippen molar-refractivity contribution in [3.8, 4) is 0 Å². The van der Waals surface area contributed by atoms with Crippen LogP contribution in [0.1, 0.15) is 20.8 Å². The van der Waals surface area contributed by atoms with Crippen LogP contribution in [0.15, 0.2) is 0 Å². The molecule has 0 aromatic rings. The predicted octanol–water partition coefficient (Wildman–Crippen LogP) is 2.17. The highest BCUT2D eigenvalue weighted by molar-refractivity contribution is 8.22. The highest BCUT2D eigenvalue weighted by Crippen LogP contribution is 2.17. The van der Waals surface area contributed by atoms with Crippen LogP contribution < -0.4 is 0 Å². The van der Waals surface area contributed by atoms with Crippen molar-refractivity contribution >= 4 is 18.2 Å². The maximum Gasteiger partial charge on any atom is 0.194 e. The fourth-order valence-electron chi connectivity index (χ4n) is 0.455. The van der Waals surface area contributed by atoms with Gasteiger partial charge in [0.15, 0.2) is 6.56 Å². The maximum atomic E-state index is 2.31. The zero-order valence-corrected chi connectivity index (χ0v) is 7.09. The summed E-state index contributed by atoms with van der Waals surface area (Å²) in [6.45, 7) is 8.17. The normalized spacial score (nSPS) is 14.1. The van der Waals surface area contributed by atoms with Crippen molar-refractivity contribution in [1.82, 2.24) is 0 Å². The first-order valence-electron chi connectivity index (χ1n) is 3.17. The Kier molecular flexibility index (Phi) is 4.53. The Labute approximate surface area is 57.6 Å². The number of hydrogen-bond donors (Lipinski definition) is 0. The molecule has 1 unspecified atom stereocenters. The van der Waals surface area contributed by atoms with Gasteiger partial charge in [-0.2, -0.15) is 0 Å². The van der Waals surface area contributed by atoms with Crippen LogP contribution in [0, 0.1) is 5.92 Å². The van der Waals surface area contributed by atoms with E-state index in [4.69, 9.17) is 0 Å². The van der Waals surface area contributed by atoms with Crippen molar-refractivity contribution in [2.24, 2.45) is 5.92 Å². The molecular formula is C6H15BS. The molecule has 0 amide bonds. The highest BCUT2D eigenvalue weighted by Gasteiger charge is 2.05. The molecule has 0 fully saturated rings. The lowest BCUT2D eigenvalue weighted by atomic mass is 9.79. The van der Waals surface area contributed by atoms with Crippen molar-refractivity contribution in [3.05, 3.63) is 0 Å². The zero-order valence-electron chi connectivity index (χ0n) is 6.27. The number of hydrogen-bond acceptors (Lipinski definition) is 1. The smallest absolute Gasteiger partial charge is 0.194 e. The molecule has 0 aromatic heterocycles. The molecule has 2 heteroatoms. The van der Waals surface area contributed by atoms with E-state index in [0.29, 0.717) is 0 Å². The first kappa shape index (κ1) is 8.41.